The summed E-state index contributed by atoms with van der Waals surface area (Å²) in [7, 11) is 0. The van der Waals surface area contributed by atoms with Crippen LogP contribution >= 0.6 is 0 Å². The molecule has 2 heterocycles. The van der Waals surface area contributed by atoms with Crippen LogP contribution in [0.15, 0.2) is 36.9 Å². The summed E-state index contributed by atoms with van der Waals surface area (Å²) < 4.78 is 1.58. The van der Waals surface area contributed by atoms with Gasteiger partial charge in [-0.25, -0.2) is 9.67 Å². The summed E-state index contributed by atoms with van der Waals surface area (Å²) in [5, 5.41) is 4.00. The van der Waals surface area contributed by atoms with E-state index < -0.39 is 0 Å². The molecule has 0 radical (unpaired) electrons. The number of benzene rings is 1. The van der Waals surface area contributed by atoms with Crippen LogP contribution in [-0.4, -0.2) is 32.1 Å². The van der Waals surface area contributed by atoms with Gasteiger partial charge in [-0.15, -0.1) is 0 Å². The van der Waals surface area contributed by atoms with E-state index in [1.165, 1.54) is 17.5 Å². The number of nitrogens with zero attached hydrogens (tertiary/aromatic N) is 4. The van der Waals surface area contributed by atoms with Crippen LogP contribution in [-0.2, 0) is 11.3 Å². The molecule has 2 aromatic rings. The molecule has 5 nitrogen and oxygen atoms in total. The van der Waals surface area contributed by atoms with Gasteiger partial charge in [0.05, 0.1) is 6.04 Å². The fourth-order valence-electron chi connectivity index (χ4n) is 2.74. The normalized spacial score (nSPS) is 18.4. The van der Waals surface area contributed by atoms with Crippen molar-refractivity contribution in [1.29, 1.82) is 0 Å². The maximum absolute atomic E-state index is 12.4. The molecule has 1 unspecified atom stereocenters. The van der Waals surface area contributed by atoms with Gasteiger partial charge >= 0.3 is 0 Å². The van der Waals surface area contributed by atoms with E-state index in [4.69, 9.17) is 0 Å². The highest BCUT2D eigenvalue weighted by Gasteiger charge is 2.29. The third-order valence-electron chi connectivity index (χ3n) is 3.80. The summed E-state index contributed by atoms with van der Waals surface area (Å²) in [6.45, 7) is 3.17. The van der Waals surface area contributed by atoms with Gasteiger partial charge in [0.25, 0.3) is 0 Å². The molecule has 1 aromatic carbocycles. The van der Waals surface area contributed by atoms with Crippen LogP contribution < -0.4 is 0 Å². The first kappa shape index (κ1) is 12.8. The van der Waals surface area contributed by atoms with E-state index in [1.54, 1.807) is 11.0 Å². The smallest absolute Gasteiger partial charge is 0.244 e. The SMILES string of the molecule is Cc1ccc(C2CCCN2C(=O)Cn2cncn2)cc1. The van der Waals surface area contributed by atoms with Gasteiger partial charge in [-0.3, -0.25) is 4.79 Å². The van der Waals surface area contributed by atoms with Crippen LogP contribution in [0.3, 0.4) is 0 Å². The van der Waals surface area contributed by atoms with Crippen LogP contribution in [0, 0.1) is 6.92 Å². The summed E-state index contributed by atoms with van der Waals surface area (Å²) in [4.78, 5) is 18.2. The minimum Gasteiger partial charge on any atom is -0.334 e. The van der Waals surface area contributed by atoms with Crippen molar-refractivity contribution in [2.45, 2.75) is 32.4 Å². The van der Waals surface area contributed by atoms with Gasteiger partial charge in [-0.2, -0.15) is 5.10 Å². The standard InChI is InChI=1S/C15H18N4O/c1-12-4-6-13(7-5-12)14-3-2-8-19(14)15(20)9-18-11-16-10-17-18/h4-7,10-11,14H,2-3,8-9H2,1H3. The Kier molecular flexibility index (Phi) is 3.50. The Morgan fingerprint density at radius 1 is 1.35 bits per heavy atom. The molecular weight excluding hydrogens is 252 g/mol. The van der Waals surface area contributed by atoms with Gasteiger partial charge in [0, 0.05) is 6.54 Å². The van der Waals surface area contributed by atoms with E-state index in [0.29, 0.717) is 0 Å². The average molecular weight is 270 g/mol. The number of rotatable bonds is 3. The first-order valence-electron chi connectivity index (χ1n) is 6.92. The van der Waals surface area contributed by atoms with Crippen molar-refractivity contribution in [3.63, 3.8) is 0 Å². The predicted octanol–water partition coefficient (Wildman–Crippen LogP) is 1.95. The molecule has 0 aliphatic carbocycles. The largest absolute Gasteiger partial charge is 0.334 e. The molecule has 20 heavy (non-hydrogen) atoms. The zero-order valence-electron chi connectivity index (χ0n) is 11.6. The fraction of sp³-hybridized carbons (Fsp3) is 0.400. The molecule has 0 saturated carbocycles. The molecule has 0 N–H and O–H groups in total. The van der Waals surface area contributed by atoms with Crippen LogP contribution in [0.2, 0.25) is 0 Å². The van der Waals surface area contributed by atoms with Crippen LogP contribution in [0.4, 0.5) is 0 Å². The number of carbonyl (C=O) groups is 1. The predicted molar refractivity (Wildman–Crippen MR) is 74.9 cm³/mol. The zero-order chi connectivity index (χ0) is 13.9. The average Bonchev–Trinajstić information content (AvgIpc) is 3.10. The third-order valence-corrected chi connectivity index (χ3v) is 3.80. The van der Waals surface area contributed by atoms with E-state index in [1.807, 2.05) is 4.90 Å². The Morgan fingerprint density at radius 3 is 2.85 bits per heavy atom. The zero-order valence-corrected chi connectivity index (χ0v) is 11.6. The maximum atomic E-state index is 12.4. The van der Waals surface area contributed by atoms with E-state index >= 15 is 0 Å². The Bertz CT molecular complexity index is 576. The van der Waals surface area contributed by atoms with E-state index in [0.717, 1.165) is 19.4 Å². The van der Waals surface area contributed by atoms with Crippen LogP contribution in [0.1, 0.15) is 30.0 Å². The quantitative estimate of drug-likeness (QED) is 0.856. The Hall–Kier alpha value is -2.17. The van der Waals surface area contributed by atoms with Gasteiger partial charge in [0.15, 0.2) is 0 Å². The van der Waals surface area contributed by atoms with Crippen molar-refractivity contribution in [2.75, 3.05) is 6.54 Å². The monoisotopic (exact) mass is 270 g/mol. The number of aryl methyl sites for hydroxylation is 1. The highest BCUT2D eigenvalue weighted by molar-refractivity contribution is 5.76. The number of amides is 1. The number of aromatic nitrogens is 3. The molecule has 1 saturated heterocycles. The second-order valence-corrected chi connectivity index (χ2v) is 5.25. The molecule has 1 atom stereocenters. The summed E-state index contributed by atoms with van der Waals surface area (Å²) in [5.41, 5.74) is 2.47. The second kappa shape index (κ2) is 5.45. The Labute approximate surface area is 118 Å². The molecule has 0 bridgehead atoms. The second-order valence-electron chi connectivity index (χ2n) is 5.25. The molecule has 3 rings (SSSR count). The molecule has 5 heteroatoms. The highest BCUT2D eigenvalue weighted by atomic mass is 16.2. The number of hydrogen-bond acceptors (Lipinski definition) is 3. The molecule has 1 fully saturated rings. The van der Waals surface area contributed by atoms with E-state index in [9.17, 15) is 4.79 Å². The van der Waals surface area contributed by atoms with Crippen LogP contribution in [0.25, 0.3) is 0 Å². The van der Waals surface area contributed by atoms with Crippen molar-refractivity contribution >= 4 is 5.91 Å². The molecule has 1 aromatic heterocycles. The summed E-state index contributed by atoms with van der Waals surface area (Å²) in [6.07, 6.45) is 5.12. The molecule has 1 amide bonds. The number of hydrogen-bond donors (Lipinski definition) is 0. The number of likely N-dealkylation sites (tertiary alicyclic amines) is 1. The Morgan fingerprint density at radius 2 is 2.15 bits per heavy atom. The first-order chi connectivity index (χ1) is 9.74. The molecule has 0 spiro atoms. The minimum absolute atomic E-state index is 0.110. The van der Waals surface area contributed by atoms with E-state index in [2.05, 4.69) is 41.3 Å². The van der Waals surface area contributed by atoms with Gasteiger partial charge in [0.2, 0.25) is 5.91 Å². The highest BCUT2D eigenvalue weighted by Crippen LogP contribution is 2.32. The minimum atomic E-state index is 0.110. The van der Waals surface area contributed by atoms with Gasteiger partial charge in [-0.05, 0) is 25.3 Å². The summed E-state index contributed by atoms with van der Waals surface area (Å²) in [5.74, 6) is 0.110. The van der Waals surface area contributed by atoms with Gasteiger partial charge in [-0.1, -0.05) is 29.8 Å². The number of carbonyl (C=O) groups excluding carboxylic acids is 1. The lowest BCUT2D eigenvalue weighted by Crippen LogP contribution is -2.33. The van der Waals surface area contributed by atoms with Crippen molar-refractivity contribution in [2.24, 2.45) is 0 Å². The lowest BCUT2D eigenvalue weighted by atomic mass is 10.0. The molecule has 1 aliphatic heterocycles. The molecule has 104 valence electrons. The third kappa shape index (κ3) is 2.57. The van der Waals surface area contributed by atoms with Crippen LogP contribution in [0.5, 0.6) is 0 Å². The molecule has 1 aliphatic rings. The van der Waals surface area contributed by atoms with Gasteiger partial charge < -0.3 is 4.90 Å². The maximum Gasteiger partial charge on any atom is 0.244 e. The lowest BCUT2D eigenvalue weighted by molar-refractivity contribution is -0.133. The summed E-state index contributed by atoms with van der Waals surface area (Å²) in [6, 6.07) is 8.66. The molecular formula is C15H18N4O. The Balaban J connectivity index is 1.75. The van der Waals surface area contributed by atoms with Gasteiger partial charge in [0.1, 0.15) is 19.2 Å². The van der Waals surface area contributed by atoms with E-state index in [-0.39, 0.29) is 18.5 Å². The lowest BCUT2D eigenvalue weighted by Gasteiger charge is -2.25. The topological polar surface area (TPSA) is 51.0 Å². The van der Waals surface area contributed by atoms with Crippen molar-refractivity contribution in [1.82, 2.24) is 19.7 Å². The van der Waals surface area contributed by atoms with Crippen molar-refractivity contribution in [3.05, 3.63) is 48.0 Å². The summed E-state index contributed by atoms with van der Waals surface area (Å²) >= 11 is 0. The first-order valence-corrected chi connectivity index (χ1v) is 6.92. The van der Waals surface area contributed by atoms with Crippen molar-refractivity contribution in [3.8, 4) is 0 Å². The fourth-order valence-corrected chi connectivity index (χ4v) is 2.74. The van der Waals surface area contributed by atoms with Crippen molar-refractivity contribution < 1.29 is 4.79 Å².